The van der Waals surface area contributed by atoms with E-state index in [1.165, 1.54) is 16.7 Å². The van der Waals surface area contributed by atoms with Gasteiger partial charge in [-0.15, -0.1) is 24.8 Å². The second kappa shape index (κ2) is 10.8. The summed E-state index contributed by atoms with van der Waals surface area (Å²) in [6, 6.07) is 17.7. The highest BCUT2D eigenvalue weighted by molar-refractivity contribution is 5.85. The fourth-order valence-electron chi connectivity index (χ4n) is 3.53. The largest absolute Gasteiger partial charge is 0.497 e. The van der Waals surface area contributed by atoms with Crippen molar-refractivity contribution in [1.29, 1.82) is 0 Å². The molecule has 0 saturated carbocycles. The first-order chi connectivity index (χ1) is 11.7. The molecule has 0 aromatic heterocycles. The van der Waals surface area contributed by atoms with Crippen molar-refractivity contribution >= 4 is 24.8 Å². The molecule has 1 aliphatic heterocycles. The fraction of sp³-hybridized carbons (Fsp3) is 0.429. The Balaban J connectivity index is 0.00000169. The number of ether oxygens (including phenoxy) is 1. The van der Waals surface area contributed by atoms with Crippen LogP contribution >= 0.6 is 24.8 Å². The number of rotatable bonds is 6. The Labute approximate surface area is 170 Å². The van der Waals surface area contributed by atoms with Crippen molar-refractivity contribution in [2.45, 2.75) is 18.9 Å². The number of hydrogen-bond acceptors (Lipinski definition) is 3. The van der Waals surface area contributed by atoms with E-state index in [1.807, 2.05) is 0 Å². The predicted molar refractivity (Wildman–Crippen MR) is 114 cm³/mol. The maximum Gasteiger partial charge on any atom is 0.119 e. The standard InChI is InChI=1S/C21H28N2O.2ClH/c1-22(13-11-17-7-5-4-6-8-17)16-21-20-10-9-19(24-3)15-18(20)12-14-23(21)2;;/h4-10,15,21H,11-14,16H2,1-3H3;2*1H. The molecule has 144 valence electrons. The molecule has 0 bridgehead atoms. The van der Waals surface area contributed by atoms with Crippen LogP contribution in [0.5, 0.6) is 5.75 Å². The third-order valence-corrected chi connectivity index (χ3v) is 5.08. The molecule has 26 heavy (non-hydrogen) atoms. The second-order valence-corrected chi connectivity index (χ2v) is 6.81. The first-order valence-electron chi connectivity index (χ1n) is 8.77. The van der Waals surface area contributed by atoms with Gasteiger partial charge in [-0.25, -0.2) is 0 Å². The Hall–Kier alpha value is -1.26. The zero-order valence-electron chi connectivity index (χ0n) is 15.9. The molecule has 0 N–H and O–H groups in total. The maximum atomic E-state index is 5.39. The molecule has 3 rings (SSSR count). The maximum absolute atomic E-state index is 5.39. The minimum atomic E-state index is 0. The Morgan fingerprint density at radius 1 is 1.12 bits per heavy atom. The van der Waals surface area contributed by atoms with E-state index in [0.29, 0.717) is 6.04 Å². The van der Waals surface area contributed by atoms with Crippen LogP contribution in [0.4, 0.5) is 0 Å². The normalized spacial score (nSPS) is 16.4. The van der Waals surface area contributed by atoms with Crippen molar-refractivity contribution in [2.75, 3.05) is 40.8 Å². The minimum Gasteiger partial charge on any atom is -0.497 e. The van der Waals surface area contributed by atoms with Gasteiger partial charge in [0.05, 0.1) is 7.11 Å². The molecule has 3 nitrogen and oxygen atoms in total. The van der Waals surface area contributed by atoms with Crippen LogP contribution < -0.4 is 4.74 Å². The topological polar surface area (TPSA) is 15.7 Å². The molecular formula is C21H30Cl2N2O. The molecule has 1 unspecified atom stereocenters. The quantitative estimate of drug-likeness (QED) is 0.725. The summed E-state index contributed by atoms with van der Waals surface area (Å²) < 4.78 is 5.39. The molecular weight excluding hydrogens is 367 g/mol. The number of halogens is 2. The zero-order chi connectivity index (χ0) is 16.9. The van der Waals surface area contributed by atoms with Crippen molar-refractivity contribution in [2.24, 2.45) is 0 Å². The van der Waals surface area contributed by atoms with Gasteiger partial charge in [0.15, 0.2) is 0 Å². The van der Waals surface area contributed by atoms with Gasteiger partial charge in [-0.2, -0.15) is 0 Å². The van der Waals surface area contributed by atoms with Gasteiger partial charge in [0.2, 0.25) is 0 Å². The lowest BCUT2D eigenvalue weighted by molar-refractivity contribution is 0.172. The summed E-state index contributed by atoms with van der Waals surface area (Å²) in [5.74, 6) is 0.967. The lowest BCUT2D eigenvalue weighted by Crippen LogP contribution is -2.39. The van der Waals surface area contributed by atoms with E-state index in [4.69, 9.17) is 4.74 Å². The molecule has 0 saturated heterocycles. The van der Waals surface area contributed by atoms with Crippen molar-refractivity contribution in [3.63, 3.8) is 0 Å². The number of fused-ring (bicyclic) bond motifs is 1. The van der Waals surface area contributed by atoms with Crippen molar-refractivity contribution in [3.05, 3.63) is 65.2 Å². The molecule has 2 aromatic rings. The molecule has 0 radical (unpaired) electrons. The van der Waals surface area contributed by atoms with E-state index in [-0.39, 0.29) is 24.8 Å². The molecule has 0 fully saturated rings. The highest BCUT2D eigenvalue weighted by Crippen LogP contribution is 2.31. The Bertz CT molecular complexity index is 666. The van der Waals surface area contributed by atoms with Crippen LogP contribution in [-0.4, -0.2) is 50.6 Å². The van der Waals surface area contributed by atoms with Crippen LogP contribution in [0, 0.1) is 0 Å². The molecule has 0 spiro atoms. The van der Waals surface area contributed by atoms with Crippen LogP contribution in [0.15, 0.2) is 48.5 Å². The fourth-order valence-corrected chi connectivity index (χ4v) is 3.53. The summed E-state index contributed by atoms with van der Waals surface area (Å²) in [5.41, 5.74) is 4.30. The van der Waals surface area contributed by atoms with Crippen LogP contribution in [0.25, 0.3) is 0 Å². The molecule has 1 atom stereocenters. The zero-order valence-corrected chi connectivity index (χ0v) is 17.5. The highest BCUT2D eigenvalue weighted by atomic mass is 35.5. The summed E-state index contributed by atoms with van der Waals surface area (Å²) in [4.78, 5) is 4.93. The van der Waals surface area contributed by atoms with Gasteiger partial charge < -0.3 is 9.64 Å². The summed E-state index contributed by atoms with van der Waals surface area (Å²) >= 11 is 0. The Kier molecular flexibility index (Phi) is 9.45. The first kappa shape index (κ1) is 22.8. The van der Waals surface area contributed by atoms with Gasteiger partial charge in [0, 0.05) is 25.7 Å². The summed E-state index contributed by atoms with van der Waals surface area (Å²) in [6.45, 7) is 3.25. The smallest absolute Gasteiger partial charge is 0.119 e. The van der Waals surface area contributed by atoms with Crippen molar-refractivity contribution < 1.29 is 4.74 Å². The first-order valence-corrected chi connectivity index (χ1v) is 8.77. The van der Waals surface area contributed by atoms with E-state index in [1.54, 1.807) is 7.11 Å². The molecule has 1 aliphatic rings. The number of benzene rings is 2. The van der Waals surface area contributed by atoms with Gasteiger partial charge in [-0.3, -0.25) is 4.90 Å². The number of methoxy groups -OCH3 is 1. The van der Waals surface area contributed by atoms with Gasteiger partial charge in [-0.05, 0) is 55.8 Å². The number of nitrogens with zero attached hydrogens (tertiary/aromatic N) is 2. The predicted octanol–water partition coefficient (Wildman–Crippen LogP) is 4.24. The third kappa shape index (κ3) is 5.62. The van der Waals surface area contributed by atoms with Crippen LogP contribution in [-0.2, 0) is 12.8 Å². The van der Waals surface area contributed by atoms with E-state index in [2.05, 4.69) is 72.4 Å². The third-order valence-electron chi connectivity index (χ3n) is 5.08. The molecule has 1 heterocycles. The minimum absolute atomic E-state index is 0. The van der Waals surface area contributed by atoms with Gasteiger partial charge in [0.1, 0.15) is 5.75 Å². The van der Waals surface area contributed by atoms with Crippen LogP contribution in [0.2, 0.25) is 0 Å². The molecule has 2 aromatic carbocycles. The average Bonchev–Trinajstić information content (AvgIpc) is 2.63. The summed E-state index contributed by atoms with van der Waals surface area (Å²) in [7, 11) is 6.21. The second-order valence-electron chi connectivity index (χ2n) is 6.81. The van der Waals surface area contributed by atoms with Gasteiger partial charge in [-0.1, -0.05) is 36.4 Å². The van der Waals surface area contributed by atoms with E-state index in [9.17, 15) is 0 Å². The van der Waals surface area contributed by atoms with E-state index >= 15 is 0 Å². The highest BCUT2D eigenvalue weighted by Gasteiger charge is 2.25. The molecule has 0 amide bonds. The lowest BCUT2D eigenvalue weighted by Gasteiger charge is -2.37. The summed E-state index contributed by atoms with van der Waals surface area (Å²) in [6.07, 6.45) is 2.20. The average molecular weight is 397 g/mol. The van der Waals surface area contributed by atoms with Crippen molar-refractivity contribution in [1.82, 2.24) is 9.80 Å². The Morgan fingerprint density at radius 3 is 2.54 bits per heavy atom. The van der Waals surface area contributed by atoms with Crippen molar-refractivity contribution in [3.8, 4) is 5.75 Å². The number of hydrogen-bond donors (Lipinski definition) is 0. The Morgan fingerprint density at radius 2 is 1.85 bits per heavy atom. The van der Waals surface area contributed by atoms with Gasteiger partial charge >= 0.3 is 0 Å². The lowest BCUT2D eigenvalue weighted by atomic mass is 9.92. The summed E-state index contributed by atoms with van der Waals surface area (Å²) in [5, 5.41) is 0. The van der Waals surface area contributed by atoms with Crippen LogP contribution in [0.3, 0.4) is 0 Å². The van der Waals surface area contributed by atoms with Gasteiger partial charge in [0.25, 0.3) is 0 Å². The van der Waals surface area contributed by atoms with E-state index in [0.717, 1.165) is 38.2 Å². The monoisotopic (exact) mass is 396 g/mol. The molecule has 0 aliphatic carbocycles. The van der Waals surface area contributed by atoms with Crippen LogP contribution in [0.1, 0.15) is 22.7 Å². The van der Waals surface area contributed by atoms with E-state index < -0.39 is 0 Å². The molecule has 5 heteroatoms. The SMILES string of the molecule is COc1ccc2c(c1)CCN(C)C2CN(C)CCc1ccccc1.Cl.Cl. The number of likely N-dealkylation sites (N-methyl/N-ethyl adjacent to an activating group) is 2.